The third-order valence-corrected chi connectivity index (χ3v) is 7.41. The Morgan fingerprint density at radius 1 is 0.881 bits per heavy atom. The van der Waals surface area contributed by atoms with E-state index in [0.717, 1.165) is 23.8 Å². The summed E-state index contributed by atoms with van der Waals surface area (Å²) in [6.45, 7) is 6.25. The Morgan fingerprint density at radius 3 is 1.93 bits per heavy atom. The Balaban J connectivity index is 2.48. The molecule has 2 rings (SSSR count). The minimum atomic E-state index is -5.87. The van der Waals surface area contributed by atoms with E-state index in [2.05, 4.69) is 15.4 Å². The normalized spacial score (nSPS) is 13.5. The lowest BCUT2D eigenvalue weighted by Gasteiger charge is -2.34. The van der Waals surface area contributed by atoms with Gasteiger partial charge in [0.05, 0.1) is 6.10 Å². The number of ether oxygens (including phenoxy) is 3. The van der Waals surface area contributed by atoms with Crippen molar-refractivity contribution in [3.05, 3.63) is 64.2 Å². The number of methoxy groups -OCH3 is 1. The molecule has 0 fully saturated rings. The molecule has 0 radical (unpaired) electrons. The zero-order chi connectivity index (χ0) is 31.8. The Morgan fingerprint density at radius 2 is 1.45 bits per heavy atom. The highest BCUT2D eigenvalue weighted by Gasteiger charge is 2.72. The SMILES string of the molecule is CCC(CC)(c1ccc(C#CC(OCOC)(C(F)(F)F)C(F)(F)F)c(C)c1)c1ccc(OC[C@H](O)CCCO)c(C)c1. The number of rotatable bonds is 13. The molecule has 2 aromatic rings. The molecule has 0 aromatic heterocycles. The first-order valence-electron chi connectivity index (χ1n) is 13.6. The molecule has 0 spiro atoms. The summed E-state index contributed by atoms with van der Waals surface area (Å²) in [5, 5.41) is 18.9. The van der Waals surface area contributed by atoms with Gasteiger partial charge in [-0.05, 0) is 79.8 Å². The molecule has 11 heteroatoms. The summed E-state index contributed by atoms with van der Waals surface area (Å²) in [6.07, 6.45) is -10.3. The van der Waals surface area contributed by atoms with Crippen LogP contribution in [0.25, 0.3) is 0 Å². The highest BCUT2D eigenvalue weighted by molar-refractivity contribution is 5.50. The van der Waals surface area contributed by atoms with Crippen LogP contribution in [-0.2, 0) is 14.9 Å². The third kappa shape index (κ3) is 7.78. The average molecular weight is 605 g/mol. The zero-order valence-corrected chi connectivity index (χ0v) is 24.4. The first kappa shape index (κ1) is 35.4. The van der Waals surface area contributed by atoms with E-state index in [-0.39, 0.29) is 18.8 Å². The molecular weight excluding hydrogens is 566 g/mol. The van der Waals surface area contributed by atoms with Crippen molar-refractivity contribution in [1.29, 1.82) is 0 Å². The number of aliphatic hydroxyl groups excluding tert-OH is 2. The van der Waals surface area contributed by atoms with E-state index in [1.807, 2.05) is 39.0 Å². The first-order valence-corrected chi connectivity index (χ1v) is 13.6. The molecule has 0 heterocycles. The average Bonchev–Trinajstić information content (AvgIpc) is 2.92. The number of hydrogen-bond acceptors (Lipinski definition) is 5. The molecule has 0 bridgehead atoms. The Labute approximate surface area is 242 Å². The highest BCUT2D eigenvalue weighted by Crippen LogP contribution is 2.46. The summed E-state index contributed by atoms with van der Waals surface area (Å²) in [7, 11) is 0.912. The van der Waals surface area contributed by atoms with Crippen LogP contribution < -0.4 is 4.74 Å². The number of alkyl halides is 6. The molecular formula is C31H38F6O5. The molecule has 42 heavy (non-hydrogen) atoms. The number of aliphatic hydroxyl groups is 2. The van der Waals surface area contributed by atoms with Gasteiger partial charge in [-0.1, -0.05) is 44.0 Å². The van der Waals surface area contributed by atoms with E-state index in [1.54, 1.807) is 19.1 Å². The lowest BCUT2D eigenvalue weighted by molar-refractivity contribution is -0.368. The van der Waals surface area contributed by atoms with Crippen LogP contribution in [0.2, 0.25) is 0 Å². The summed E-state index contributed by atoms with van der Waals surface area (Å²) in [5.74, 6) is 3.98. The summed E-state index contributed by atoms with van der Waals surface area (Å²) in [4.78, 5) is 0. The van der Waals surface area contributed by atoms with Gasteiger partial charge in [-0.3, -0.25) is 0 Å². The van der Waals surface area contributed by atoms with Gasteiger partial charge in [0.1, 0.15) is 19.1 Å². The van der Waals surface area contributed by atoms with Crippen molar-refractivity contribution in [2.24, 2.45) is 0 Å². The van der Waals surface area contributed by atoms with Gasteiger partial charge in [0, 0.05) is 24.7 Å². The maximum atomic E-state index is 13.7. The van der Waals surface area contributed by atoms with Crippen molar-refractivity contribution in [3.63, 3.8) is 0 Å². The lowest BCUT2D eigenvalue weighted by Crippen LogP contribution is -2.58. The van der Waals surface area contributed by atoms with E-state index in [4.69, 9.17) is 9.84 Å². The Hall–Kier alpha value is -2.78. The second-order valence-corrected chi connectivity index (χ2v) is 10.1. The van der Waals surface area contributed by atoms with Gasteiger partial charge in [-0.15, -0.1) is 0 Å². The fourth-order valence-electron chi connectivity index (χ4n) is 4.84. The monoisotopic (exact) mass is 604 g/mol. The smallest absolute Gasteiger partial charge is 0.438 e. The molecule has 0 unspecified atom stereocenters. The minimum absolute atomic E-state index is 0.00145. The van der Waals surface area contributed by atoms with Crippen LogP contribution in [0.15, 0.2) is 36.4 Å². The maximum Gasteiger partial charge on any atom is 0.438 e. The van der Waals surface area contributed by atoms with Crippen molar-refractivity contribution < 1.29 is 50.8 Å². The van der Waals surface area contributed by atoms with Crippen molar-refractivity contribution in [1.82, 2.24) is 0 Å². The number of halogens is 6. The van der Waals surface area contributed by atoms with Gasteiger partial charge in [-0.2, -0.15) is 26.3 Å². The minimum Gasteiger partial charge on any atom is -0.491 e. The van der Waals surface area contributed by atoms with Gasteiger partial charge in [0.15, 0.2) is 0 Å². The molecule has 0 aliphatic carbocycles. The molecule has 2 aromatic carbocycles. The van der Waals surface area contributed by atoms with Gasteiger partial charge in [-0.25, -0.2) is 0 Å². The van der Waals surface area contributed by atoms with Crippen molar-refractivity contribution >= 4 is 0 Å². The Kier molecular flexibility index (Phi) is 12.3. The molecule has 0 saturated heterocycles. The molecule has 1 atom stereocenters. The molecule has 0 aliphatic heterocycles. The van der Waals surface area contributed by atoms with E-state index in [1.165, 1.54) is 12.0 Å². The van der Waals surface area contributed by atoms with Crippen LogP contribution in [0.1, 0.15) is 67.3 Å². The second kappa shape index (κ2) is 14.6. The summed E-state index contributed by atoms with van der Waals surface area (Å²) in [6, 6.07) is 10.5. The van der Waals surface area contributed by atoms with Gasteiger partial charge < -0.3 is 24.4 Å². The molecule has 5 nitrogen and oxygen atoms in total. The molecule has 0 amide bonds. The van der Waals surface area contributed by atoms with E-state index >= 15 is 0 Å². The molecule has 0 saturated carbocycles. The van der Waals surface area contributed by atoms with Crippen molar-refractivity contribution in [2.45, 2.75) is 82.9 Å². The topological polar surface area (TPSA) is 68.2 Å². The predicted molar refractivity (Wildman–Crippen MR) is 146 cm³/mol. The Bertz CT molecular complexity index is 1210. The summed E-state index contributed by atoms with van der Waals surface area (Å²) < 4.78 is 96.2. The number of aryl methyl sites for hydroxylation is 2. The second-order valence-electron chi connectivity index (χ2n) is 10.1. The van der Waals surface area contributed by atoms with Crippen molar-refractivity contribution in [2.75, 3.05) is 27.1 Å². The maximum absolute atomic E-state index is 13.7. The zero-order valence-electron chi connectivity index (χ0n) is 24.4. The third-order valence-electron chi connectivity index (χ3n) is 7.41. The van der Waals surface area contributed by atoms with Crippen LogP contribution >= 0.6 is 0 Å². The van der Waals surface area contributed by atoms with Crippen LogP contribution in [0.5, 0.6) is 5.75 Å². The number of hydrogen-bond donors (Lipinski definition) is 2. The van der Waals surface area contributed by atoms with Crippen LogP contribution in [0.3, 0.4) is 0 Å². The molecule has 0 aliphatic rings. The summed E-state index contributed by atoms with van der Waals surface area (Å²) >= 11 is 0. The van der Waals surface area contributed by atoms with Gasteiger partial charge in [0.25, 0.3) is 0 Å². The standard InChI is InChI=1S/C31H38F6O5/c1-6-28(7-2,25-12-13-27(22(4)18-25)41-19-26(39)9-8-16-38)24-11-10-23(21(3)17-24)14-15-29(30(32,33)34,31(35,36)37)42-20-40-5/h10-13,17-18,26,38-39H,6-9,16,19-20H2,1-5H3/t26-/m1/s1. The van der Waals surface area contributed by atoms with Crippen LogP contribution in [0, 0.1) is 25.7 Å². The van der Waals surface area contributed by atoms with Gasteiger partial charge in [0.2, 0.25) is 0 Å². The lowest BCUT2D eigenvalue weighted by atomic mass is 9.70. The molecule has 234 valence electrons. The van der Waals surface area contributed by atoms with Crippen molar-refractivity contribution in [3.8, 4) is 17.6 Å². The fourth-order valence-corrected chi connectivity index (χ4v) is 4.84. The van der Waals surface area contributed by atoms with Crippen LogP contribution in [-0.4, -0.2) is 61.4 Å². The largest absolute Gasteiger partial charge is 0.491 e. The van der Waals surface area contributed by atoms with Gasteiger partial charge >= 0.3 is 18.0 Å². The quantitative estimate of drug-likeness (QED) is 0.150. The molecule has 2 N–H and O–H groups in total. The van der Waals surface area contributed by atoms with E-state index in [9.17, 15) is 31.4 Å². The fraction of sp³-hybridized carbons (Fsp3) is 0.548. The highest BCUT2D eigenvalue weighted by atomic mass is 19.4. The van der Waals surface area contributed by atoms with Crippen LogP contribution in [0.4, 0.5) is 26.3 Å². The van der Waals surface area contributed by atoms with E-state index in [0.29, 0.717) is 37.0 Å². The number of benzene rings is 2. The van der Waals surface area contributed by atoms with E-state index < -0.39 is 36.3 Å². The summed E-state index contributed by atoms with van der Waals surface area (Å²) in [5.41, 5.74) is -2.20. The first-order chi connectivity index (χ1) is 19.6. The predicted octanol–water partition coefficient (Wildman–Crippen LogP) is 6.76.